The Labute approximate surface area is 188 Å². The highest BCUT2D eigenvalue weighted by Crippen LogP contribution is 2.25. The summed E-state index contributed by atoms with van der Waals surface area (Å²) in [5.74, 6) is 5.25. The van der Waals surface area contributed by atoms with Gasteiger partial charge in [-0.15, -0.1) is 11.3 Å². The summed E-state index contributed by atoms with van der Waals surface area (Å²) in [7, 11) is 0. The zero-order valence-corrected chi connectivity index (χ0v) is 18.0. The lowest BCUT2D eigenvalue weighted by atomic mass is 10.2. The molecule has 9 nitrogen and oxygen atoms in total. The van der Waals surface area contributed by atoms with E-state index in [9.17, 15) is 9.59 Å². The Morgan fingerprint density at radius 2 is 1.78 bits per heavy atom. The van der Waals surface area contributed by atoms with Gasteiger partial charge in [0.05, 0.1) is 17.8 Å². The van der Waals surface area contributed by atoms with Gasteiger partial charge >= 0.3 is 6.03 Å². The van der Waals surface area contributed by atoms with Crippen LogP contribution in [0.3, 0.4) is 0 Å². The highest BCUT2D eigenvalue weighted by Gasteiger charge is 2.24. The SMILES string of the molecule is Cc1csc(CC(=O)N(Nc2cc(-c3ccccc3)nn2-c2ccccc2)C(=O)NN)n1. The van der Waals surface area contributed by atoms with Crippen LogP contribution < -0.4 is 16.7 Å². The van der Waals surface area contributed by atoms with Crippen LogP contribution in [0.4, 0.5) is 10.6 Å². The number of carbonyl (C=O) groups excluding carboxylic acids is 2. The van der Waals surface area contributed by atoms with Crippen LogP contribution >= 0.6 is 11.3 Å². The number of para-hydroxylation sites is 1. The van der Waals surface area contributed by atoms with Crippen molar-refractivity contribution in [2.24, 2.45) is 5.84 Å². The molecule has 0 saturated carbocycles. The number of hydrogen-bond acceptors (Lipinski definition) is 7. The molecule has 4 rings (SSSR count). The summed E-state index contributed by atoms with van der Waals surface area (Å²) in [5, 5.41) is 7.96. The van der Waals surface area contributed by atoms with Crippen LogP contribution in [0.15, 0.2) is 72.1 Å². The van der Waals surface area contributed by atoms with E-state index in [-0.39, 0.29) is 6.42 Å². The molecule has 4 aromatic rings. The predicted octanol–water partition coefficient (Wildman–Crippen LogP) is 3.29. The second kappa shape index (κ2) is 9.41. The van der Waals surface area contributed by atoms with Crippen molar-refractivity contribution >= 4 is 29.1 Å². The van der Waals surface area contributed by atoms with E-state index in [1.165, 1.54) is 11.3 Å². The van der Waals surface area contributed by atoms with Crippen LogP contribution in [0.25, 0.3) is 16.9 Å². The molecule has 32 heavy (non-hydrogen) atoms. The molecule has 0 fully saturated rings. The summed E-state index contributed by atoms with van der Waals surface area (Å²) in [6, 6.07) is 20.0. The van der Waals surface area contributed by atoms with Crippen molar-refractivity contribution in [3.05, 3.63) is 82.8 Å². The van der Waals surface area contributed by atoms with E-state index >= 15 is 0 Å². The number of urea groups is 1. The summed E-state index contributed by atoms with van der Waals surface area (Å²) >= 11 is 1.36. The minimum absolute atomic E-state index is 0.0516. The Bertz CT molecular complexity index is 1220. The summed E-state index contributed by atoms with van der Waals surface area (Å²) in [6.45, 7) is 1.84. The maximum absolute atomic E-state index is 12.9. The molecule has 10 heteroatoms. The van der Waals surface area contributed by atoms with E-state index in [1.54, 1.807) is 10.7 Å². The molecule has 0 aliphatic carbocycles. The second-order valence-corrected chi connectivity index (χ2v) is 7.82. The lowest BCUT2D eigenvalue weighted by molar-refractivity contribution is -0.126. The first-order valence-electron chi connectivity index (χ1n) is 9.77. The number of aromatic nitrogens is 3. The first-order chi connectivity index (χ1) is 15.5. The average molecular weight is 448 g/mol. The van der Waals surface area contributed by atoms with Crippen LogP contribution in [0.1, 0.15) is 10.7 Å². The van der Waals surface area contributed by atoms with Gasteiger partial charge in [-0.3, -0.25) is 15.6 Å². The molecular weight excluding hydrogens is 426 g/mol. The minimum atomic E-state index is -0.801. The molecule has 0 bridgehead atoms. The Balaban J connectivity index is 1.70. The predicted molar refractivity (Wildman–Crippen MR) is 123 cm³/mol. The summed E-state index contributed by atoms with van der Waals surface area (Å²) in [5.41, 5.74) is 8.03. The largest absolute Gasteiger partial charge is 0.357 e. The number of hydrazine groups is 2. The molecule has 0 unspecified atom stereocenters. The van der Waals surface area contributed by atoms with Crippen molar-refractivity contribution in [1.29, 1.82) is 0 Å². The number of imide groups is 1. The van der Waals surface area contributed by atoms with Crippen molar-refractivity contribution in [1.82, 2.24) is 25.2 Å². The maximum atomic E-state index is 12.9. The van der Waals surface area contributed by atoms with Gasteiger partial charge in [0.1, 0.15) is 10.8 Å². The number of anilines is 1. The summed E-state index contributed by atoms with van der Waals surface area (Å²) < 4.78 is 1.62. The van der Waals surface area contributed by atoms with E-state index in [0.29, 0.717) is 16.5 Å². The number of aryl methyl sites for hydroxylation is 1. The van der Waals surface area contributed by atoms with Gasteiger partial charge in [0.2, 0.25) is 0 Å². The van der Waals surface area contributed by atoms with Gasteiger partial charge in [-0.05, 0) is 19.1 Å². The molecule has 0 atom stereocenters. The van der Waals surface area contributed by atoms with Crippen molar-refractivity contribution in [2.75, 3.05) is 5.43 Å². The lowest BCUT2D eigenvalue weighted by Gasteiger charge is -2.21. The van der Waals surface area contributed by atoms with Crippen LogP contribution in [-0.2, 0) is 11.2 Å². The summed E-state index contributed by atoms with van der Waals surface area (Å²) in [6.07, 6.45) is -0.0516. The van der Waals surface area contributed by atoms with E-state index in [4.69, 9.17) is 5.84 Å². The normalized spacial score (nSPS) is 10.6. The number of nitrogens with two attached hydrogens (primary N) is 1. The van der Waals surface area contributed by atoms with Crippen LogP contribution in [0.5, 0.6) is 0 Å². The molecule has 2 aromatic carbocycles. The molecule has 0 aliphatic heterocycles. The third kappa shape index (κ3) is 4.66. The molecule has 162 valence electrons. The third-order valence-electron chi connectivity index (χ3n) is 4.55. The smallest absolute Gasteiger partial charge is 0.274 e. The van der Waals surface area contributed by atoms with E-state index in [2.05, 4.69) is 15.5 Å². The fraction of sp³-hybridized carbons (Fsp3) is 0.0909. The Morgan fingerprint density at radius 1 is 1.09 bits per heavy atom. The van der Waals surface area contributed by atoms with Crippen LogP contribution in [0, 0.1) is 6.92 Å². The first kappa shape index (κ1) is 21.2. The molecule has 0 saturated heterocycles. The van der Waals surface area contributed by atoms with Crippen LogP contribution in [-0.4, -0.2) is 31.7 Å². The highest BCUT2D eigenvalue weighted by atomic mass is 32.1. The number of thiazole rings is 1. The minimum Gasteiger partial charge on any atom is -0.274 e. The number of carbonyl (C=O) groups is 2. The van der Waals surface area contributed by atoms with E-state index < -0.39 is 11.9 Å². The number of rotatable bonds is 6. The van der Waals surface area contributed by atoms with Crippen molar-refractivity contribution < 1.29 is 9.59 Å². The molecule has 0 radical (unpaired) electrons. The number of benzene rings is 2. The van der Waals surface area contributed by atoms with Gasteiger partial charge in [-0.25, -0.2) is 20.3 Å². The highest BCUT2D eigenvalue weighted by molar-refractivity contribution is 7.09. The second-order valence-electron chi connectivity index (χ2n) is 6.88. The maximum Gasteiger partial charge on any atom is 0.357 e. The molecular formula is C22H21N7O2S. The average Bonchev–Trinajstić information content (AvgIpc) is 3.44. The Kier molecular flexibility index (Phi) is 6.24. The van der Waals surface area contributed by atoms with Gasteiger partial charge in [0, 0.05) is 22.7 Å². The third-order valence-corrected chi connectivity index (χ3v) is 5.52. The Hall–Kier alpha value is -4.02. The number of amides is 3. The van der Waals surface area contributed by atoms with Crippen molar-refractivity contribution in [3.8, 4) is 16.9 Å². The molecule has 0 aliphatic rings. The quantitative estimate of drug-likeness (QED) is 0.237. The lowest BCUT2D eigenvalue weighted by Crippen LogP contribution is -2.50. The van der Waals surface area contributed by atoms with Crippen molar-refractivity contribution in [2.45, 2.75) is 13.3 Å². The van der Waals surface area contributed by atoms with Gasteiger partial charge in [-0.1, -0.05) is 48.5 Å². The van der Waals surface area contributed by atoms with Gasteiger partial charge in [0.15, 0.2) is 0 Å². The van der Waals surface area contributed by atoms with Gasteiger partial charge in [-0.2, -0.15) is 10.1 Å². The molecule has 4 N–H and O–H groups in total. The number of nitrogens with one attached hydrogen (secondary N) is 2. The van der Waals surface area contributed by atoms with E-state index in [1.807, 2.05) is 78.4 Å². The zero-order valence-electron chi connectivity index (χ0n) is 17.2. The van der Waals surface area contributed by atoms with E-state index in [0.717, 1.165) is 22.0 Å². The first-order valence-corrected chi connectivity index (χ1v) is 10.6. The van der Waals surface area contributed by atoms with Gasteiger partial charge < -0.3 is 0 Å². The zero-order chi connectivity index (χ0) is 22.5. The molecule has 0 spiro atoms. The fourth-order valence-electron chi connectivity index (χ4n) is 3.07. The molecule has 2 heterocycles. The molecule has 2 aromatic heterocycles. The topological polar surface area (TPSA) is 118 Å². The number of hydrogen-bond donors (Lipinski definition) is 3. The van der Waals surface area contributed by atoms with Crippen molar-refractivity contribution in [3.63, 3.8) is 0 Å². The monoisotopic (exact) mass is 447 g/mol. The van der Waals surface area contributed by atoms with Crippen LogP contribution in [0.2, 0.25) is 0 Å². The summed E-state index contributed by atoms with van der Waals surface area (Å²) in [4.78, 5) is 29.7. The number of nitrogens with zero attached hydrogens (tertiary/aromatic N) is 4. The standard InChI is InChI=1S/C22H21N7O2S/c1-15-14-32-20(24-15)13-21(30)29(22(31)25-23)27-19-12-18(16-8-4-2-5-9-16)26-28(19)17-10-6-3-7-11-17/h2-12,14,27H,13,23H2,1H3,(H,25,31). The fourth-order valence-corrected chi connectivity index (χ4v) is 3.84. The Morgan fingerprint density at radius 3 is 2.41 bits per heavy atom. The molecule has 3 amide bonds. The van der Waals surface area contributed by atoms with Gasteiger partial charge in [0.25, 0.3) is 5.91 Å².